The van der Waals surface area contributed by atoms with E-state index in [1.807, 2.05) is 6.07 Å². The van der Waals surface area contributed by atoms with Gasteiger partial charge in [0, 0.05) is 21.3 Å². The van der Waals surface area contributed by atoms with Crippen LogP contribution in [0.3, 0.4) is 0 Å². The van der Waals surface area contributed by atoms with E-state index in [2.05, 4.69) is 5.32 Å². The van der Waals surface area contributed by atoms with E-state index >= 15 is 0 Å². The van der Waals surface area contributed by atoms with Crippen LogP contribution in [0.5, 0.6) is 11.5 Å². The second-order valence-corrected chi connectivity index (χ2v) is 9.98. The minimum Gasteiger partial charge on any atom is -0.491 e. The van der Waals surface area contributed by atoms with Crippen LogP contribution in [0.15, 0.2) is 54.6 Å². The van der Waals surface area contributed by atoms with Crippen LogP contribution in [0.25, 0.3) is 0 Å². The van der Waals surface area contributed by atoms with Gasteiger partial charge in [-0.2, -0.15) is 5.26 Å². The summed E-state index contributed by atoms with van der Waals surface area (Å²) in [6.07, 6.45) is -1.07. The number of aryl methyl sites for hydroxylation is 1. The first kappa shape index (κ1) is 29.0. The number of nitrogens with zero attached hydrogens (tertiary/aromatic N) is 1. The van der Waals surface area contributed by atoms with Gasteiger partial charge in [0.2, 0.25) is 0 Å². The van der Waals surface area contributed by atoms with Crippen molar-refractivity contribution in [2.45, 2.75) is 32.5 Å². The molecule has 38 heavy (non-hydrogen) atoms. The van der Waals surface area contributed by atoms with Crippen molar-refractivity contribution in [3.63, 3.8) is 0 Å². The zero-order valence-electron chi connectivity index (χ0n) is 20.9. The van der Waals surface area contributed by atoms with E-state index in [1.165, 1.54) is 50.2 Å². The smallest absolute Gasteiger partial charge is 0.262 e. The second kappa shape index (κ2) is 12.3. The van der Waals surface area contributed by atoms with Crippen LogP contribution in [0.2, 0.25) is 10.0 Å². The molecule has 1 unspecified atom stereocenters. The molecule has 0 bridgehead atoms. The highest BCUT2D eigenvalue weighted by atomic mass is 35.5. The van der Waals surface area contributed by atoms with Crippen molar-refractivity contribution in [1.82, 2.24) is 0 Å². The molecule has 198 valence electrons. The van der Waals surface area contributed by atoms with Gasteiger partial charge >= 0.3 is 0 Å². The molecule has 0 spiro atoms. The molecule has 0 aliphatic rings. The molecule has 0 heterocycles. The second-order valence-electron chi connectivity index (χ2n) is 9.10. The third-order valence-electron chi connectivity index (χ3n) is 5.53. The lowest BCUT2D eigenvalue weighted by Crippen LogP contribution is -2.40. The molecule has 1 amide bonds. The van der Waals surface area contributed by atoms with Crippen LogP contribution < -0.4 is 14.8 Å². The molecule has 0 aromatic heterocycles. The first-order chi connectivity index (χ1) is 17.9. The highest BCUT2D eigenvalue weighted by Gasteiger charge is 2.25. The summed E-state index contributed by atoms with van der Waals surface area (Å²) in [5.41, 5.74) is 0.436. The van der Waals surface area contributed by atoms with Crippen molar-refractivity contribution < 1.29 is 29.3 Å². The fraction of sp³-hybridized carbons (Fsp3) is 0.250. The number of nitrogens with one attached hydrogen (secondary N) is 1. The molecule has 0 saturated heterocycles. The average molecular weight is 557 g/mol. The minimum absolute atomic E-state index is 0.0996. The predicted octanol–water partition coefficient (Wildman–Crippen LogP) is 4.93. The summed E-state index contributed by atoms with van der Waals surface area (Å²) in [6, 6.07) is 15.6. The van der Waals surface area contributed by atoms with E-state index in [4.69, 9.17) is 32.7 Å². The molecular weight excluding hydrogens is 531 g/mol. The number of carbonyl (C=O) groups is 2. The average Bonchev–Trinajstić information content (AvgIpc) is 2.86. The monoisotopic (exact) mass is 556 g/mol. The largest absolute Gasteiger partial charge is 0.491 e. The normalized spacial score (nSPS) is 11.8. The lowest BCUT2D eigenvalue weighted by molar-refractivity contribution is -0.118. The molecule has 8 nitrogen and oxygen atoms in total. The molecule has 3 N–H and O–H groups in total. The van der Waals surface area contributed by atoms with Gasteiger partial charge in [0.25, 0.3) is 5.91 Å². The van der Waals surface area contributed by atoms with Crippen LogP contribution in [0.1, 0.15) is 40.9 Å². The summed E-state index contributed by atoms with van der Waals surface area (Å²) in [5.74, 6) is -0.339. The maximum atomic E-state index is 13.2. The van der Waals surface area contributed by atoms with Crippen molar-refractivity contribution >= 4 is 40.6 Å². The van der Waals surface area contributed by atoms with Crippen LogP contribution in [-0.2, 0) is 4.79 Å². The number of ether oxygens (including phenoxy) is 2. The lowest BCUT2D eigenvalue weighted by atomic mass is 10.0. The number of hydrogen-bond donors (Lipinski definition) is 3. The summed E-state index contributed by atoms with van der Waals surface area (Å²) < 4.78 is 11.2. The van der Waals surface area contributed by atoms with Gasteiger partial charge < -0.3 is 25.0 Å². The molecule has 0 fully saturated rings. The van der Waals surface area contributed by atoms with Gasteiger partial charge in [-0.05, 0) is 80.9 Å². The molecule has 3 aromatic carbocycles. The highest BCUT2D eigenvalue weighted by molar-refractivity contribution is 6.32. The third-order valence-corrected chi connectivity index (χ3v) is 5.98. The Balaban J connectivity index is 1.68. The van der Waals surface area contributed by atoms with Gasteiger partial charge in [-0.25, -0.2) is 0 Å². The van der Waals surface area contributed by atoms with E-state index in [0.29, 0.717) is 22.0 Å². The molecule has 0 radical (unpaired) electrons. The Morgan fingerprint density at radius 1 is 1.05 bits per heavy atom. The van der Waals surface area contributed by atoms with Gasteiger partial charge in [-0.3, -0.25) is 9.59 Å². The van der Waals surface area contributed by atoms with Gasteiger partial charge in [-0.1, -0.05) is 23.2 Å². The zero-order chi connectivity index (χ0) is 28.0. The SMILES string of the molecule is Cc1cc(OCC(O)C(C)(C)O)ccc1NC(=O)COc1ccc(Cl)cc1C(=O)c1cc(Cl)cc(C#N)c1. The quantitative estimate of drug-likeness (QED) is 0.302. The predicted molar refractivity (Wildman–Crippen MR) is 144 cm³/mol. The highest BCUT2D eigenvalue weighted by Crippen LogP contribution is 2.28. The van der Waals surface area contributed by atoms with E-state index in [1.54, 1.807) is 25.1 Å². The maximum Gasteiger partial charge on any atom is 0.262 e. The van der Waals surface area contributed by atoms with Gasteiger partial charge in [0.1, 0.15) is 24.2 Å². The van der Waals surface area contributed by atoms with Crippen molar-refractivity contribution in [2.24, 2.45) is 0 Å². The summed E-state index contributed by atoms with van der Waals surface area (Å²) in [6.45, 7) is 4.25. The summed E-state index contributed by atoms with van der Waals surface area (Å²) in [7, 11) is 0. The number of ketones is 1. The molecule has 3 aromatic rings. The van der Waals surface area contributed by atoms with E-state index in [0.717, 1.165) is 0 Å². The first-order valence-corrected chi connectivity index (χ1v) is 12.2. The molecule has 3 rings (SSSR count). The Morgan fingerprint density at radius 3 is 2.45 bits per heavy atom. The van der Waals surface area contributed by atoms with Crippen LogP contribution in [-0.4, -0.2) is 46.8 Å². The Kier molecular flexibility index (Phi) is 9.36. The van der Waals surface area contributed by atoms with Crippen molar-refractivity contribution in [2.75, 3.05) is 18.5 Å². The van der Waals surface area contributed by atoms with E-state index in [-0.39, 0.29) is 34.1 Å². The summed E-state index contributed by atoms with van der Waals surface area (Å²) in [5, 5.41) is 32.2. The minimum atomic E-state index is -1.30. The van der Waals surface area contributed by atoms with Crippen LogP contribution >= 0.6 is 23.2 Å². The van der Waals surface area contributed by atoms with Crippen molar-refractivity contribution in [1.29, 1.82) is 5.26 Å². The number of rotatable bonds is 10. The standard InChI is InChI=1S/C28H26Cl2N2O6/c1-16-8-21(37-14-25(33)28(2,3)36)5-6-23(16)32-26(34)15-38-24-7-4-19(29)12-22(24)27(35)18-9-17(13-31)10-20(30)11-18/h4-12,25,33,36H,14-15H2,1-3H3,(H,32,34). The number of aliphatic hydroxyl groups is 2. The maximum absolute atomic E-state index is 13.2. The number of anilines is 1. The fourth-order valence-corrected chi connectivity index (χ4v) is 3.73. The van der Waals surface area contributed by atoms with Crippen LogP contribution in [0, 0.1) is 18.3 Å². The van der Waals surface area contributed by atoms with Gasteiger partial charge in [0.15, 0.2) is 12.4 Å². The zero-order valence-corrected chi connectivity index (χ0v) is 22.4. The molecule has 10 heteroatoms. The molecule has 0 saturated carbocycles. The molecule has 0 aliphatic carbocycles. The van der Waals surface area contributed by atoms with Gasteiger partial charge in [0.05, 0.1) is 22.8 Å². The van der Waals surface area contributed by atoms with E-state index in [9.17, 15) is 25.1 Å². The number of benzene rings is 3. The third kappa shape index (κ3) is 7.70. The Morgan fingerprint density at radius 2 is 1.79 bits per heavy atom. The fourth-order valence-electron chi connectivity index (χ4n) is 3.32. The Bertz CT molecular complexity index is 1400. The number of carbonyl (C=O) groups excluding carboxylic acids is 2. The number of hydrogen-bond acceptors (Lipinski definition) is 7. The molecular formula is C28H26Cl2N2O6. The Labute approximate surface area is 230 Å². The van der Waals surface area contributed by atoms with E-state index < -0.39 is 30.0 Å². The van der Waals surface area contributed by atoms with Crippen LogP contribution in [0.4, 0.5) is 5.69 Å². The lowest BCUT2D eigenvalue weighted by Gasteiger charge is -2.24. The van der Waals surface area contributed by atoms with Crippen molar-refractivity contribution in [3.8, 4) is 17.6 Å². The Hall–Kier alpha value is -3.61. The first-order valence-electron chi connectivity index (χ1n) is 11.5. The molecule has 1 atom stereocenters. The van der Waals surface area contributed by atoms with Gasteiger partial charge in [-0.15, -0.1) is 0 Å². The van der Waals surface area contributed by atoms with Crippen molar-refractivity contribution in [3.05, 3.63) is 86.9 Å². The number of nitriles is 1. The number of aliphatic hydroxyl groups excluding tert-OH is 1. The summed E-state index contributed by atoms with van der Waals surface area (Å²) in [4.78, 5) is 25.8. The number of amides is 1. The summed E-state index contributed by atoms with van der Waals surface area (Å²) >= 11 is 12.1. The number of halogens is 2. The molecule has 0 aliphatic heterocycles. The topological polar surface area (TPSA) is 129 Å².